The van der Waals surface area contributed by atoms with E-state index < -0.39 is 0 Å². The molecule has 0 N–H and O–H groups in total. The van der Waals surface area contributed by atoms with Crippen molar-refractivity contribution in [3.63, 3.8) is 0 Å². The number of benzene rings is 8. The highest BCUT2D eigenvalue weighted by molar-refractivity contribution is 7.26. The first-order valence-electron chi connectivity index (χ1n) is 18.8. The van der Waals surface area contributed by atoms with Crippen LogP contribution in [0.2, 0.25) is 0 Å². The van der Waals surface area contributed by atoms with E-state index in [-0.39, 0.29) is 0 Å². The minimum atomic E-state index is 0.630. The van der Waals surface area contributed by atoms with E-state index >= 15 is 0 Å². The van der Waals surface area contributed by atoms with E-state index in [1.54, 1.807) is 0 Å². The maximum absolute atomic E-state index is 5.14. The molecule has 0 saturated carbocycles. The summed E-state index contributed by atoms with van der Waals surface area (Å²) in [5.41, 5.74) is 10.9. The minimum absolute atomic E-state index is 0.630. The number of hydrogen-bond donors (Lipinski definition) is 0. The second-order valence-electron chi connectivity index (χ2n) is 14.0. The van der Waals surface area contributed by atoms with Crippen molar-refractivity contribution in [2.75, 3.05) is 0 Å². The molecule has 0 atom stereocenters. The van der Waals surface area contributed by atoms with Crippen LogP contribution in [0.25, 0.3) is 104 Å². The van der Waals surface area contributed by atoms with Gasteiger partial charge in [-0.2, -0.15) is 0 Å². The number of aromatic nitrogens is 4. The van der Waals surface area contributed by atoms with Gasteiger partial charge in [0.05, 0.1) is 11.0 Å². The lowest BCUT2D eigenvalue weighted by molar-refractivity contribution is 1.07. The Morgan fingerprint density at radius 2 is 0.893 bits per heavy atom. The fourth-order valence-electron chi connectivity index (χ4n) is 7.95. The Kier molecular flexibility index (Phi) is 7.64. The van der Waals surface area contributed by atoms with Crippen molar-refractivity contribution in [2.45, 2.75) is 0 Å². The number of para-hydroxylation sites is 1. The summed E-state index contributed by atoms with van der Waals surface area (Å²) in [6.07, 6.45) is 0. The van der Waals surface area contributed by atoms with E-state index in [4.69, 9.17) is 15.0 Å². The summed E-state index contributed by atoms with van der Waals surface area (Å²) < 4.78 is 4.99. The molecule has 0 saturated heterocycles. The van der Waals surface area contributed by atoms with Gasteiger partial charge in [0, 0.05) is 53.3 Å². The maximum Gasteiger partial charge on any atom is 0.164 e. The van der Waals surface area contributed by atoms with Crippen LogP contribution in [0.5, 0.6) is 0 Å². The van der Waals surface area contributed by atoms with Crippen molar-refractivity contribution in [3.8, 4) is 62.1 Å². The third-order valence-electron chi connectivity index (χ3n) is 10.7. The van der Waals surface area contributed by atoms with Crippen LogP contribution in [0.1, 0.15) is 0 Å². The number of hydrogen-bond acceptors (Lipinski definition) is 4. The Labute approximate surface area is 327 Å². The predicted octanol–water partition coefficient (Wildman–Crippen LogP) is 13.7. The first-order valence-corrected chi connectivity index (χ1v) is 19.6. The quantitative estimate of drug-likeness (QED) is 0.171. The highest BCUT2D eigenvalue weighted by Crippen LogP contribution is 2.42. The average molecular weight is 733 g/mol. The topological polar surface area (TPSA) is 43.6 Å². The monoisotopic (exact) mass is 732 g/mol. The van der Waals surface area contributed by atoms with Crippen LogP contribution in [0.15, 0.2) is 194 Å². The molecule has 4 nitrogen and oxygen atoms in total. The highest BCUT2D eigenvalue weighted by atomic mass is 32.1. The molecule has 0 radical (unpaired) electrons. The molecule has 0 fully saturated rings. The number of rotatable bonds is 6. The third-order valence-corrected chi connectivity index (χ3v) is 11.9. The number of thiophene rings is 1. The normalized spacial score (nSPS) is 11.6. The Morgan fingerprint density at radius 3 is 1.64 bits per heavy atom. The molecule has 0 unspecified atom stereocenters. The van der Waals surface area contributed by atoms with E-state index in [0.29, 0.717) is 17.5 Å². The third kappa shape index (κ3) is 5.48. The molecule has 262 valence electrons. The lowest BCUT2D eigenvalue weighted by Crippen LogP contribution is -2.00. The smallest absolute Gasteiger partial charge is 0.164 e. The van der Waals surface area contributed by atoms with Crippen molar-refractivity contribution in [1.82, 2.24) is 19.5 Å². The zero-order valence-corrected chi connectivity index (χ0v) is 31.0. The lowest BCUT2D eigenvalue weighted by Gasteiger charge is -2.11. The Morgan fingerprint density at radius 1 is 0.339 bits per heavy atom. The molecule has 3 aromatic heterocycles. The molecular weight excluding hydrogens is 701 g/mol. The fraction of sp³-hybridized carbons (Fsp3) is 0. The second kappa shape index (κ2) is 13.3. The first kappa shape index (κ1) is 32.2. The standard InChI is InChI=1S/C51H32N4S/c1-4-13-33(14-5-1)34-23-25-36(26-24-34)50-52-49(35-15-6-2-7-16-35)53-51(54-50)38-27-29-41-44-31-37(28-30-45(44)55(46(41)32-38)39-17-8-3-9-18-39)40-20-12-21-43-42-19-10-11-22-47(42)56-48(40)43/h1-32H. The van der Waals surface area contributed by atoms with Gasteiger partial charge in [-0.05, 0) is 58.7 Å². The molecule has 0 amide bonds. The Bertz CT molecular complexity index is 3220. The van der Waals surface area contributed by atoms with Gasteiger partial charge in [-0.3, -0.25) is 0 Å². The van der Waals surface area contributed by atoms with Gasteiger partial charge in [-0.1, -0.05) is 158 Å². The van der Waals surface area contributed by atoms with Gasteiger partial charge in [0.25, 0.3) is 0 Å². The van der Waals surface area contributed by atoms with Crippen LogP contribution in [0.4, 0.5) is 0 Å². The summed E-state index contributed by atoms with van der Waals surface area (Å²) in [6, 6.07) is 68.6. The minimum Gasteiger partial charge on any atom is -0.309 e. The van der Waals surface area contributed by atoms with Crippen molar-refractivity contribution in [2.24, 2.45) is 0 Å². The van der Waals surface area contributed by atoms with E-state index in [2.05, 4.69) is 174 Å². The molecule has 5 heteroatoms. The van der Waals surface area contributed by atoms with Gasteiger partial charge in [0.15, 0.2) is 17.5 Å². The van der Waals surface area contributed by atoms with Crippen LogP contribution in [-0.2, 0) is 0 Å². The van der Waals surface area contributed by atoms with Crippen LogP contribution < -0.4 is 0 Å². The maximum atomic E-state index is 5.14. The fourth-order valence-corrected chi connectivity index (χ4v) is 9.19. The van der Waals surface area contributed by atoms with Gasteiger partial charge in [0.1, 0.15) is 0 Å². The number of fused-ring (bicyclic) bond motifs is 6. The van der Waals surface area contributed by atoms with Gasteiger partial charge in [-0.25, -0.2) is 15.0 Å². The van der Waals surface area contributed by atoms with Crippen LogP contribution >= 0.6 is 11.3 Å². The largest absolute Gasteiger partial charge is 0.309 e. The van der Waals surface area contributed by atoms with E-state index in [9.17, 15) is 0 Å². The lowest BCUT2D eigenvalue weighted by atomic mass is 10.0. The first-order chi connectivity index (χ1) is 27.7. The van der Waals surface area contributed by atoms with Crippen molar-refractivity contribution >= 4 is 53.3 Å². The summed E-state index contributed by atoms with van der Waals surface area (Å²) in [7, 11) is 0. The summed E-state index contributed by atoms with van der Waals surface area (Å²) in [5.74, 6) is 1.91. The van der Waals surface area contributed by atoms with Crippen LogP contribution in [0.3, 0.4) is 0 Å². The van der Waals surface area contributed by atoms with Gasteiger partial charge < -0.3 is 4.57 Å². The van der Waals surface area contributed by atoms with E-state index in [1.807, 2.05) is 35.6 Å². The van der Waals surface area contributed by atoms with Gasteiger partial charge in [0.2, 0.25) is 0 Å². The molecule has 0 bridgehead atoms. The molecule has 11 aromatic rings. The molecule has 3 heterocycles. The summed E-state index contributed by atoms with van der Waals surface area (Å²) in [6.45, 7) is 0. The molecule has 0 aliphatic rings. The van der Waals surface area contributed by atoms with E-state index in [1.165, 1.54) is 47.6 Å². The molecule has 8 aromatic carbocycles. The summed E-state index contributed by atoms with van der Waals surface area (Å²) in [5, 5.41) is 4.99. The zero-order chi connectivity index (χ0) is 37.0. The van der Waals surface area contributed by atoms with E-state index in [0.717, 1.165) is 39.0 Å². The molecule has 56 heavy (non-hydrogen) atoms. The predicted molar refractivity (Wildman–Crippen MR) is 234 cm³/mol. The number of nitrogens with zero attached hydrogens (tertiary/aromatic N) is 4. The van der Waals surface area contributed by atoms with Crippen LogP contribution in [-0.4, -0.2) is 19.5 Å². The Balaban J connectivity index is 1.09. The van der Waals surface area contributed by atoms with Crippen LogP contribution in [0, 0.1) is 0 Å². The van der Waals surface area contributed by atoms with Gasteiger partial charge >= 0.3 is 0 Å². The SMILES string of the molecule is c1ccc(-c2ccc(-c3nc(-c4ccccc4)nc(-c4ccc5c6cc(-c7cccc8c7sc7ccccc78)ccc6n(-c6ccccc6)c5c4)n3)cc2)cc1. The summed E-state index contributed by atoms with van der Waals surface area (Å²) >= 11 is 1.87. The average Bonchev–Trinajstić information content (AvgIpc) is 3.82. The molecule has 0 aliphatic heterocycles. The zero-order valence-electron chi connectivity index (χ0n) is 30.2. The van der Waals surface area contributed by atoms with Crippen molar-refractivity contribution in [1.29, 1.82) is 0 Å². The second-order valence-corrected chi connectivity index (χ2v) is 15.1. The molecule has 0 aliphatic carbocycles. The van der Waals surface area contributed by atoms with Gasteiger partial charge in [-0.15, -0.1) is 11.3 Å². The highest BCUT2D eigenvalue weighted by Gasteiger charge is 2.18. The van der Waals surface area contributed by atoms with Crippen molar-refractivity contribution < 1.29 is 0 Å². The molecule has 0 spiro atoms. The Hall–Kier alpha value is -7.21. The molecule has 11 rings (SSSR count). The van der Waals surface area contributed by atoms with Crippen molar-refractivity contribution in [3.05, 3.63) is 194 Å². The molecular formula is C51H32N4S. The summed E-state index contributed by atoms with van der Waals surface area (Å²) in [4.78, 5) is 15.2.